The van der Waals surface area contributed by atoms with Crippen molar-refractivity contribution in [3.63, 3.8) is 0 Å². The molecule has 7 rings (SSSR count). The zero-order valence-corrected chi connectivity index (χ0v) is 20.6. The summed E-state index contributed by atoms with van der Waals surface area (Å²) in [5.41, 5.74) is 5.28. The Labute approximate surface area is 207 Å². The number of ether oxygens (including phenoxy) is 1. The lowest BCUT2D eigenvalue weighted by Gasteiger charge is -2.43. The van der Waals surface area contributed by atoms with Crippen LogP contribution in [0.4, 0.5) is 5.82 Å². The highest BCUT2D eigenvalue weighted by Gasteiger charge is 2.42. The van der Waals surface area contributed by atoms with E-state index in [0.29, 0.717) is 36.5 Å². The Kier molecular flexibility index (Phi) is 5.39. The van der Waals surface area contributed by atoms with Gasteiger partial charge in [-0.3, -0.25) is 0 Å². The number of piperazine rings is 1. The molecule has 35 heavy (non-hydrogen) atoms. The summed E-state index contributed by atoms with van der Waals surface area (Å²) < 4.78 is 6.25. The topological polar surface area (TPSA) is 82.5 Å². The normalized spacial score (nSPS) is 31.4. The van der Waals surface area contributed by atoms with Gasteiger partial charge in [-0.2, -0.15) is 9.97 Å². The SMILES string of the molecule is Oc1ccc2c(c1)C1(CCC2)CCc2c(nc(OC[C@@H]3CCCN3)nc2N2C[C@H]3CC[C@@H](C2)N3)C1. The summed E-state index contributed by atoms with van der Waals surface area (Å²) in [6.07, 6.45) is 11.3. The van der Waals surface area contributed by atoms with E-state index in [4.69, 9.17) is 14.7 Å². The van der Waals surface area contributed by atoms with Crippen LogP contribution in [0.5, 0.6) is 11.8 Å². The summed E-state index contributed by atoms with van der Waals surface area (Å²) in [5, 5.41) is 17.6. The number of nitrogens with zero attached hydrogens (tertiary/aromatic N) is 3. The van der Waals surface area contributed by atoms with E-state index in [1.54, 1.807) is 0 Å². The molecular weight excluding hydrogens is 438 g/mol. The second-order valence-electron chi connectivity index (χ2n) is 11.6. The number of rotatable bonds is 4. The second kappa shape index (κ2) is 8.63. The molecule has 7 heteroatoms. The van der Waals surface area contributed by atoms with Crippen LogP contribution >= 0.6 is 0 Å². The van der Waals surface area contributed by atoms with Crippen LogP contribution in [0.1, 0.15) is 67.3 Å². The maximum Gasteiger partial charge on any atom is 0.318 e. The minimum atomic E-state index is 0.0533. The number of phenolic OH excluding ortho intramolecular Hbond substituents is 1. The minimum Gasteiger partial charge on any atom is -0.508 e. The number of benzene rings is 1. The molecule has 4 atom stereocenters. The van der Waals surface area contributed by atoms with Gasteiger partial charge in [0.1, 0.15) is 18.2 Å². The van der Waals surface area contributed by atoms with E-state index in [0.717, 1.165) is 69.7 Å². The molecule has 1 aromatic heterocycles. The molecule has 1 aromatic carbocycles. The summed E-state index contributed by atoms with van der Waals surface area (Å²) in [6, 6.07) is 8.07. The van der Waals surface area contributed by atoms with Crippen LogP contribution in [0.2, 0.25) is 0 Å². The summed E-state index contributed by atoms with van der Waals surface area (Å²) in [6.45, 7) is 3.74. The monoisotopic (exact) mass is 475 g/mol. The fourth-order valence-corrected chi connectivity index (χ4v) is 7.51. The van der Waals surface area contributed by atoms with Crippen molar-refractivity contribution in [1.29, 1.82) is 0 Å². The molecule has 0 radical (unpaired) electrons. The minimum absolute atomic E-state index is 0.0533. The van der Waals surface area contributed by atoms with Crippen LogP contribution in [0.25, 0.3) is 0 Å². The van der Waals surface area contributed by atoms with Crippen molar-refractivity contribution in [2.45, 2.75) is 87.7 Å². The molecule has 1 unspecified atom stereocenters. The standard InChI is InChI=1S/C28H37N5O2/c34-22-8-5-18-3-1-10-28(24(18)13-22)11-9-23-25(14-28)31-27(35-17-21-4-2-12-29-21)32-26(23)33-15-19-6-7-20(16-33)30-19/h5,8,13,19-21,29-30,34H,1-4,6-7,9-12,14-17H2/t19-,20+,21-,28?/m0/s1. The fourth-order valence-electron chi connectivity index (χ4n) is 7.51. The maximum absolute atomic E-state index is 10.3. The third-order valence-electron chi connectivity index (χ3n) is 9.27. The predicted octanol–water partition coefficient (Wildman–Crippen LogP) is 3.02. The smallest absolute Gasteiger partial charge is 0.318 e. The number of aryl methyl sites for hydroxylation is 1. The van der Waals surface area contributed by atoms with Crippen molar-refractivity contribution in [3.8, 4) is 11.8 Å². The quantitative estimate of drug-likeness (QED) is 0.627. The number of nitrogens with one attached hydrogen (secondary N) is 2. The zero-order chi connectivity index (χ0) is 23.4. The Balaban J connectivity index is 1.25. The number of phenols is 1. The molecule has 0 saturated carbocycles. The predicted molar refractivity (Wildman–Crippen MR) is 135 cm³/mol. The lowest BCUT2D eigenvalue weighted by Crippen LogP contribution is -2.52. The molecule has 3 aliphatic heterocycles. The van der Waals surface area contributed by atoms with Gasteiger partial charge in [0, 0.05) is 42.2 Å². The molecule has 4 heterocycles. The van der Waals surface area contributed by atoms with Gasteiger partial charge in [-0.05, 0) is 94.0 Å². The summed E-state index contributed by atoms with van der Waals surface area (Å²) in [7, 11) is 0. The Morgan fingerprint density at radius 2 is 1.94 bits per heavy atom. The third kappa shape index (κ3) is 3.97. The van der Waals surface area contributed by atoms with E-state index in [-0.39, 0.29) is 5.41 Å². The van der Waals surface area contributed by atoms with Crippen LogP contribution in [-0.4, -0.2) is 59.4 Å². The molecule has 186 valence electrons. The highest BCUT2D eigenvalue weighted by molar-refractivity contribution is 5.54. The van der Waals surface area contributed by atoms with Gasteiger partial charge in [0.2, 0.25) is 0 Å². The Hall–Kier alpha value is -2.38. The number of hydrogen-bond donors (Lipinski definition) is 3. The summed E-state index contributed by atoms with van der Waals surface area (Å²) in [4.78, 5) is 12.6. The Morgan fingerprint density at radius 1 is 1.06 bits per heavy atom. The largest absolute Gasteiger partial charge is 0.508 e. The van der Waals surface area contributed by atoms with Crippen LogP contribution in [0, 0.1) is 0 Å². The van der Waals surface area contributed by atoms with Gasteiger partial charge in [-0.1, -0.05) is 6.07 Å². The number of fused-ring (bicyclic) bond motifs is 5. The molecule has 2 aromatic rings. The van der Waals surface area contributed by atoms with Crippen molar-refractivity contribution >= 4 is 5.82 Å². The molecular formula is C28H37N5O2. The lowest BCUT2D eigenvalue weighted by molar-refractivity contribution is 0.252. The first kappa shape index (κ1) is 21.9. The highest BCUT2D eigenvalue weighted by Crippen LogP contribution is 2.48. The number of hydrogen-bond acceptors (Lipinski definition) is 7. The summed E-state index contributed by atoms with van der Waals surface area (Å²) >= 11 is 0. The van der Waals surface area contributed by atoms with Crippen molar-refractivity contribution in [2.24, 2.45) is 0 Å². The average molecular weight is 476 g/mol. The number of aromatic hydroxyl groups is 1. The highest BCUT2D eigenvalue weighted by atomic mass is 16.5. The van der Waals surface area contributed by atoms with E-state index < -0.39 is 0 Å². The van der Waals surface area contributed by atoms with E-state index in [1.807, 2.05) is 12.1 Å². The summed E-state index contributed by atoms with van der Waals surface area (Å²) in [5.74, 6) is 1.49. The van der Waals surface area contributed by atoms with Crippen molar-refractivity contribution in [2.75, 3.05) is 31.1 Å². The average Bonchev–Trinajstić information content (AvgIpc) is 3.51. The van der Waals surface area contributed by atoms with Crippen LogP contribution in [0.3, 0.4) is 0 Å². The van der Waals surface area contributed by atoms with Crippen LogP contribution in [0.15, 0.2) is 18.2 Å². The van der Waals surface area contributed by atoms with Crippen molar-refractivity contribution in [3.05, 3.63) is 40.6 Å². The van der Waals surface area contributed by atoms with Crippen LogP contribution < -0.4 is 20.3 Å². The first-order valence-corrected chi connectivity index (χ1v) is 13.7. The second-order valence-corrected chi connectivity index (χ2v) is 11.6. The third-order valence-corrected chi connectivity index (χ3v) is 9.27. The van der Waals surface area contributed by atoms with E-state index in [1.165, 1.54) is 42.4 Å². The molecule has 3 N–H and O–H groups in total. The van der Waals surface area contributed by atoms with Gasteiger partial charge < -0.3 is 25.4 Å². The van der Waals surface area contributed by atoms with Gasteiger partial charge in [0.25, 0.3) is 0 Å². The fraction of sp³-hybridized carbons (Fsp3) is 0.643. The first-order valence-electron chi connectivity index (χ1n) is 13.7. The molecule has 3 fully saturated rings. The van der Waals surface area contributed by atoms with Gasteiger partial charge in [0.05, 0.1) is 5.69 Å². The van der Waals surface area contributed by atoms with Gasteiger partial charge in [-0.25, -0.2) is 0 Å². The van der Waals surface area contributed by atoms with Crippen LogP contribution in [-0.2, 0) is 24.7 Å². The molecule has 7 nitrogen and oxygen atoms in total. The van der Waals surface area contributed by atoms with E-state index >= 15 is 0 Å². The lowest BCUT2D eigenvalue weighted by atomic mass is 9.62. The number of anilines is 1. The van der Waals surface area contributed by atoms with E-state index in [9.17, 15) is 5.11 Å². The van der Waals surface area contributed by atoms with Crippen molar-refractivity contribution < 1.29 is 9.84 Å². The molecule has 0 amide bonds. The van der Waals surface area contributed by atoms with Gasteiger partial charge in [0.15, 0.2) is 0 Å². The molecule has 3 saturated heterocycles. The first-order chi connectivity index (χ1) is 17.1. The molecule has 5 aliphatic rings. The van der Waals surface area contributed by atoms with Gasteiger partial charge >= 0.3 is 6.01 Å². The van der Waals surface area contributed by atoms with Gasteiger partial charge in [-0.15, -0.1) is 0 Å². The Morgan fingerprint density at radius 3 is 2.77 bits per heavy atom. The molecule has 2 bridgehead atoms. The Bertz CT molecular complexity index is 1100. The molecule has 1 spiro atoms. The zero-order valence-electron chi connectivity index (χ0n) is 20.6. The maximum atomic E-state index is 10.3. The van der Waals surface area contributed by atoms with Crippen molar-refractivity contribution in [1.82, 2.24) is 20.6 Å². The number of aromatic nitrogens is 2. The van der Waals surface area contributed by atoms with E-state index in [2.05, 4.69) is 21.6 Å². The molecule has 2 aliphatic carbocycles.